The first kappa shape index (κ1) is 17.0. The molecule has 0 aromatic rings. The van der Waals surface area contributed by atoms with E-state index in [1.807, 2.05) is 19.0 Å². The van der Waals surface area contributed by atoms with E-state index in [-0.39, 0.29) is 18.4 Å². The van der Waals surface area contributed by atoms with Crippen molar-refractivity contribution in [2.75, 3.05) is 46.8 Å². The summed E-state index contributed by atoms with van der Waals surface area (Å²) in [5, 5.41) is 0. The number of carbonyl (C=O) groups is 2. The Balaban J connectivity index is 2.43. The zero-order valence-electron chi connectivity index (χ0n) is 13.4. The molecule has 1 atom stereocenters. The molecular weight excluding hydrogens is 254 g/mol. The van der Waals surface area contributed by atoms with Gasteiger partial charge in [-0.15, -0.1) is 0 Å². The summed E-state index contributed by atoms with van der Waals surface area (Å²) in [4.78, 5) is 29.6. The maximum Gasteiger partial charge on any atom is 0.242 e. The third-order valence-corrected chi connectivity index (χ3v) is 3.81. The number of piperidine rings is 1. The zero-order valence-corrected chi connectivity index (χ0v) is 13.4. The van der Waals surface area contributed by atoms with Crippen LogP contribution in [0.2, 0.25) is 0 Å². The van der Waals surface area contributed by atoms with Crippen LogP contribution >= 0.6 is 0 Å². The van der Waals surface area contributed by atoms with Crippen LogP contribution in [0.15, 0.2) is 0 Å². The number of hydrogen-bond acceptors (Lipinski definition) is 3. The van der Waals surface area contributed by atoms with Gasteiger partial charge in [-0.3, -0.25) is 9.59 Å². The van der Waals surface area contributed by atoms with Crippen LogP contribution in [0, 0.1) is 5.92 Å². The highest BCUT2D eigenvalue weighted by molar-refractivity contribution is 5.83. The minimum atomic E-state index is -0.0119. The number of carbonyl (C=O) groups excluding carboxylic acids is 2. The quantitative estimate of drug-likeness (QED) is 0.732. The summed E-state index contributed by atoms with van der Waals surface area (Å²) in [5.41, 5.74) is 0. The lowest BCUT2D eigenvalue weighted by atomic mass is 10.0. The van der Waals surface area contributed by atoms with Crippen molar-refractivity contribution in [2.45, 2.75) is 33.1 Å². The van der Waals surface area contributed by atoms with Crippen molar-refractivity contribution in [3.63, 3.8) is 0 Å². The van der Waals surface area contributed by atoms with E-state index in [0.717, 1.165) is 32.5 Å². The maximum absolute atomic E-state index is 12.3. The van der Waals surface area contributed by atoms with Crippen LogP contribution in [-0.4, -0.2) is 73.3 Å². The van der Waals surface area contributed by atoms with Gasteiger partial charge in [-0.25, -0.2) is 0 Å². The van der Waals surface area contributed by atoms with Gasteiger partial charge in [-0.2, -0.15) is 0 Å². The molecule has 1 unspecified atom stereocenters. The van der Waals surface area contributed by atoms with Crippen molar-refractivity contribution in [1.82, 2.24) is 14.7 Å². The van der Waals surface area contributed by atoms with Gasteiger partial charge in [0.15, 0.2) is 0 Å². The Morgan fingerprint density at radius 1 is 1.25 bits per heavy atom. The van der Waals surface area contributed by atoms with E-state index in [9.17, 15) is 9.59 Å². The summed E-state index contributed by atoms with van der Waals surface area (Å²) >= 11 is 0. The van der Waals surface area contributed by atoms with E-state index in [1.165, 1.54) is 6.42 Å². The summed E-state index contributed by atoms with van der Waals surface area (Å²) in [7, 11) is 4.02. The third kappa shape index (κ3) is 5.90. The Bertz CT molecular complexity index is 331. The van der Waals surface area contributed by atoms with Crippen LogP contribution in [-0.2, 0) is 9.59 Å². The molecule has 1 aliphatic heterocycles. The van der Waals surface area contributed by atoms with Crippen molar-refractivity contribution < 1.29 is 9.59 Å². The second-order valence-electron chi connectivity index (χ2n) is 6.18. The Morgan fingerprint density at radius 2 is 1.95 bits per heavy atom. The fraction of sp³-hybridized carbons (Fsp3) is 0.867. The molecule has 1 fully saturated rings. The lowest BCUT2D eigenvalue weighted by Crippen LogP contribution is -2.46. The summed E-state index contributed by atoms with van der Waals surface area (Å²) < 4.78 is 0. The van der Waals surface area contributed by atoms with Crippen LogP contribution < -0.4 is 0 Å². The van der Waals surface area contributed by atoms with Gasteiger partial charge in [0.25, 0.3) is 0 Å². The topological polar surface area (TPSA) is 43.9 Å². The lowest BCUT2D eigenvalue weighted by molar-refractivity contribution is -0.140. The average molecular weight is 283 g/mol. The molecule has 0 aromatic carbocycles. The van der Waals surface area contributed by atoms with Crippen molar-refractivity contribution in [2.24, 2.45) is 5.92 Å². The first-order valence-corrected chi connectivity index (χ1v) is 7.58. The second-order valence-corrected chi connectivity index (χ2v) is 6.18. The molecule has 0 saturated carbocycles. The SMILES string of the molecule is CC(=O)N(CCCN(C)C)CC(=O)N1CCCC(C)C1. The van der Waals surface area contributed by atoms with Gasteiger partial charge < -0.3 is 14.7 Å². The minimum Gasteiger partial charge on any atom is -0.341 e. The number of nitrogens with zero attached hydrogens (tertiary/aromatic N) is 3. The molecule has 0 aromatic heterocycles. The van der Waals surface area contributed by atoms with Gasteiger partial charge >= 0.3 is 0 Å². The molecule has 1 heterocycles. The van der Waals surface area contributed by atoms with Crippen LogP contribution in [0.25, 0.3) is 0 Å². The van der Waals surface area contributed by atoms with Crippen LogP contribution in [0.5, 0.6) is 0 Å². The molecular formula is C15H29N3O2. The molecule has 5 heteroatoms. The molecule has 0 spiro atoms. The molecule has 2 amide bonds. The van der Waals surface area contributed by atoms with Crippen molar-refractivity contribution in [1.29, 1.82) is 0 Å². The van der Waals surface area contributed by atoms with Gasteiger partial charge in [0.2, 0.25) is 11.8 Å². The Morgan fingerprint density at radius 3 is 2.50 bits per heavy atom. The number of amides is 2. The largest absolute Gasteiger partial charge is 0.341 e. The monoisotopic (exact) mass is 283 g/mol. The molecule has 0 bridgehead atoms. The highest BCUT2D eigenvalue weighted by Crippen LogP contribution is 2.15. The van der Waals surface area contributed by atoms with E-state index < -0.39 is 0 Å². The molecule has 1 saturated heterocycles. The molecule has 1 aliphatic rings. The molecule has 1 rings (SSSR count). The van der Waals surface area contributed by atoms with Gasteiger partial charge in [0.1, 0.15) is 0 Å². The number of likely N-dealkylation sites (tertiary alicyclic amines) is 1. The van der Waals surface area contributed by atoms with Crippen LogP contribution in [0.1, 0.15) is 33.1 Å². The second kappa shape index (κ2) is 8.25. The molecule has 5 nitrogen and oxygen atoms in total. The Labute approximate surface area is 122 Å². The highest BCUT2D eigenvalue weighted by atomic mass is 16.2. The van der Waals surface area contributed by atoms with Gasteiger partial charge in [0.05, 0.1) is 6.54 Å². The average Bonchev–Trinajstić information content (AvgIpc) is 2.36. The summed E-state index contributed by atoms with van der Waals surface area (Å²) in [6.45, 7) is 7.22. The smallest absolute Gasteiger partial charge is 0.242 e. The first-order chi connectivity index (χ1) is 9.40. The standard InChI is InChI=1S/C15H29N3O2/c1-13-7-5-9-18(11-13)15(20)12-17(14(2)19)10-6-8-16(3)4/h13H,5-12H2,1-4H3. The highest BCUT2D eigenvalue weighted by Gasteiger charge is 2.23. The summed E-state index contributed by atoms with van der Waals surface area (Å²) in [6.07, 6.45) is 3.17. The van der Waals surface area contributed by atoms with E-state index in [4.69, 9.17) is 0 Å². The molecule has 20 heavy (non-hydrogen) atoms. The van der Waals surface area contributed by atoms with Gasteiger partial charge in [0, 0.05) is 26.6 Å². The van der Waals surface area contributed by atoms with Crippen LogP contribution in [0.3, 0.4) is 0 Å². The fourth-order valence-electron chi connectivity index (χ4n) is 2.60. The minimum absolute atomic E-state index is 0.0119. The van der Waals surface area contributed by atoms with Crippen molar-refractivity contribution >= 4 is 11.8 Å². The van der Waals surface area contributed by atoms with E-state index in [1.54, 1.807) is 11.8 Å². The summed E-state index contributed by atoms with van der Waals surface area (Å²) in [5.74, 6) is 0.658. The Kier molecular flexibility index (Phi) is 6.99. The first-order valence-electron chi connectivity index (χ1n) is 7.58. The Hall–Kier alpha value is -1.10. The van der Waals surface area contributed by atoms with Gasteiger partial charge in [-0.05, 0) is 45.8 Å². The maximum atomic E-state index is 12.3. The lowest BCUT2D eigenvalue weighted by Gasteiger charge is -2.32. The van der Waals surface area contributed by atoms with E-state index in [2.05, 4.69) is 11.8 Å². The number of rotatable bonds is 6. The van der Waals surface area contributed by atoms with Crippen molar-refractivity contribution in [3.05, 3.63) is 0 Å². The molecule has 0 radical (unpaired) electrons. The van der Waals surface area contributed by atoms with E-state index in [0.29, 0.717) is 12.5 Å². The predicted molar refractivity (Wildman–Crippen MR) is 80.4 cm³/mol. The zero-order chi connectivity index (χ0) is 15.1. The normalized spacial score (nSPS) is 19.2. The fourth-order valence-corrected chi connectivity index (χ4v) is 2.60. The van der Waals surface area contributed by atoms with Crippen LogP contribution in [0.4, 0.5) is 0 Å². The predicted octanol–water partition coefficient (Wildman–Crippen LogP) is 1.05. The molecule has 116 valence electrons. The third-order valence-electron chi connectivity index (χ3n) is 3.81. The van der Waals surface area contributed by atoms with Gasteiger partial charge in [-0.1, -0.05) is 6.92 Å². The molecule has 0 N–H and O–H groups in total. The molecule has 0 aliphatic carbocycles. The van der Waals surface area contributed by atoms with E-state index >= 15 is 0 Å². The van der Waals surface area contributed by atoms with Crippen molar-refractivity contribution in [3.8, 4) is 0 Å². The summed E-state index contributed by atoms with van der Waals surface area (Å²) in [6, 6.07) is 0. The number of hydrogen-bond donors (Lipinski definition) is 0.